The molecule has 5 heterocycles. The minimum atomic E-state index is -1.19. The van der Waals surface area contributed by atoms with E-state index in [4.69, 9.17) is 9.72 Å². The largest absolute Gasteiger partial charge is 0.384 e. The highest BCUT2D eigenvalue weighted by Gasteiger charge is 2.39. The molecule has 0 radical (unpaired) electrons. The van der Waals surface area contributed by atoms with Crippen molar-refractivity contribution in [3.05, 3.63) is 35.9 Å². The number of hydrogen-bond acceptors (Lipinski definition) is 7. The molecule has 2 N–H and O–H groups in total. The molecule has 1 saturated carbocycles. The molecule has 0 aromatic carbocycles. The van der Waals surface area contributed by atoms with Gasteiger partial charge in [0.1, 0.15) is 22.7 Å². The monoisotopic (exact) mass is 465 g/mol. The van der Waals surface area contributed by atoms with Crippen LogP contribution in [-0.4, -0.2) is 60.7 Å². The molecule has 3 aromatic heterocycles. The van der Waals surface area contributed by atoms with Gasteiger partial charge in [0.25, 0.3) is 5.91 Å². The average Bonchev–Trinajstić information content (AvgIpc) is 3.61. The summed E-state index contributed by atoms with van der Waals surface area (Å²) in [5.41, 5.74) is 0.682. The minimum absolute atomic E-state index is 0.261. The Morgan fingerprint density at radius 2 is 2.06 bits per heavy atom. The van der Waals surface area contributed by atoms with E-state index in [1.54, 1.807) is 18.4 Å². The van der Waals surface area contributed by atoms with Crippen LogP contribution in [0.1, 0.15) is 74.5 Å². The molecule has 10 heteroatoms. The number of aromatic nitrogens is 5. The molecule has 2 bridgehead atoms. The van der Waals surface area contributed by atoms with Gasteiger partial charge in [-0.1, -0.05) is 19.3 Å². The van der Waals surface area contributed by atoms with Gasteiger partial charge < -0.3 is 20.1 Å². The number of amides is 1. The van der Waals surface area contributed by atoms with Crippen molar-refractivity contribution in [1.82, 2.24) is 24.4 Å². The van der Waals surface area contributed by atoms with Gasteiger partial charge in [-0.05, 0) is 39.2 Å². The topological polar surface area (TPSA) is 110 Å². The molecular weight excluding hydrogens is 434 g/mol. The first kappa shape index (κ1) is 21.5. The Morgan fingerprint density at radius 3 is 2.76 bits per heavy atom. The van der Waals surface area contributed by atoms with Crippen LogP contribution in [0.15, 0.2) is 24.7 Å². The molecule has 3 fully saturated rings. The number of aliphatic hydroxyl groups is 1. The molecule has 3 aliphatic rings. The van der Waals surface area contributed by atoms with Crippen LogP contribution in [-0.2, 0) is 10.3 Å². The van der Waals surface area contributed by atoms with Crippen LogP contribution in [0.4, 0.5) is 11.5 Å². The molecule has 2 aliphatic heterocycles. The molecule has 1 aliphatic carbocycles. The summed E-state index contributed by atoms with van der Waals surface area (Å²) in [6.45, 7) is 4.91. The number of ether oxygens (including phenoxy) is 1. The Morgan fingerprint density at radius 1 is 1.24 bits per heavy atom. The third-order valence-electron chi connectivity index (χ3n) is 7.30. The highest BCUT2D eigenvalue weighted by atomic mass is 16.5. The maximum atomic E-state index is 13.4. The number of fused-ring (bicyclic) bond motifs is 3. The van der Waals surface area contributed by atoms with Crippen LogP contribution in [0.25, 0.3) is 5.65 Å². The van der Waals surface area contributed by atoms with Gasteiger partial charge in [0.05, 0.1) is 36.7 Å². The first-order valence-electron chi connectivity index (χ1n) is 12.2. The van der Waals surface area contributed by atoms with E-state index in [0.717, 1.165) is 38.2 Å². The smallest absolute Gasteiger partial charge is 0.261 e. The minimum Gasteiger partial charge on any atom is -0.384 e. The molecular formula is C24H31N7O3. The van der Waals surface area contributed by atoms with Crippen molar-refractivity contribution in [2.45, 2.75) is 76.2 Å². The fraction of sp³-hybridized carbons (Fsp3) is 0.583. The molecule has 0 spiro atoms. The van der Waals surface area contributed by atoms with Crippen molar-refractivity contribution >= 4 is 23.1 Å². The summed E-state index contributed by atoms with van der Waals surface area (Å²) in [7, 11) is 0. The van der Waals surface area contributed by atoms with Crippen LogP contribution in [0.3, 0.4) is 0 Å². The quantitative estimate of drug-likeness (QED) is 0.596. The molecule has 180 valence electrons. The van der Waals surface area contributed by atoms with Gasteiger partial charge in [0.2, 0.25) is 0 Å². The highest BCUT2D eigenvalue weighted by Crippen LogP contribution is 2.34. The van der Waals surface area contributed by atoms with Crippen molar-refractivity contribution in [3.63, 3.8) is 0 Å². The Hall–Kier alpha value is -2.98. The first-order chi connectivity index (χ1) is 16.4. The Bertz CT molecular complexity index is 1220. The van der Waals surface area contributed by atoms with Crippen molar-refractivity contribution < 1.29 is 14.6 Å². The number of anilines is 2. The predicted molar refractivity (Wildman–Crippen MR) is 126 cm³/mol. The zero-order chi connectivity index (χ0) is 23.4. The van der Waals surface area contributed by atoms with E-state index in [-0.39, 0.29) is 12.0 Å². The predicted octanol–water partition coefficient (Wildman–Crippen LogP) is 2.89. The maximum absolute atomic E-state index is 13.4. The lowest BCUT2D eigenvalue weighted by Crippen LogP contribution is -2.37. The number of rotatable bonds is 5. The van der Waals surface area contributed by atoms with Gasteiger partial charge >= 0.3 is 0 Å². The summed E-state index contributed by atoms with van der Waals surface area (Å²) in [6, 6.07) is 2.56. The fourth-order valence-corrected chi connectivity index (χ4v) is 5.52. The molecule has 2 atom stereocenters. The number of carbonyl (C=O) groups is 1. The lowest BCUT2D eigenvalue weighted by molar-refractivity contribution is 0.0732. The first-order valence-corrected chi connectivity index (χ1v) is 12.2. The molecule has 6 rings (SSSR count). The van der Waals surface area contributed by atoms with Gasteiger partial charge in [-0.25, -0.2) is 9.50 Å². The summed E-state index contributed by atoms with van der Waals surface area (Å²) in [4.78, 5) is 20.4. The highest BCUT2D eigenvalue weighted by molar-refractivity contribution is 6.08. The van der Waals surface area contributed by atoms with Gasteiger partial charge in [-0.2, -0.15) is 10.2 Å². The van der Waals surface area contributed by atoms with Crippen LogP contribution < -0.4 is 10.2 Å². The Kier molecular flexibility index (Phi) is 5.11. The number of morpholine rings is 1. The third kappa shape index (κ3) is 3.74. The molecule has 3 aromatic rings. The van der Waals surface area contributed by atoms with E-state index < -0.39 is 5.60 Å². The Balaban J connectivity index is 1.29. The number of nitrogens with one attached hydrogen (secondary N) is 1. The SMILES string of the molecule is CC(C)(O)c1nn(C2CCCCC2)cc1NC(=O)c1cnn2ccc(N3CC4CC3CO4)nc12. The van der Waals surface area contributed by atoms with Gasteiger partial charge in [0, 0.05) is 18.9 Å². The zero-order valence-corrected chi connectivity index (χ0v) is 19.6. The molecule has 10 nitrogen and oxygen atoms in total. The normalized spacial score (nSPS) is 23.2. The van der Waals surface area contributed by atoms with E-state index in [9.17, 15) is 9.90 Å². The second-order valence-corrected chi connectivity index (χ2v) is 10.3. The van der Waals surface area contributed by atoms with Crippen LogP contribution in [0.5, 0.6) is 0 Å². The summed E-state index contributed by atoms with van der Waals surface area (Å²) in [5.74, 6) is 0.514. The van der Waals surface area contributed by atoms with E-state index in [1.807, 2.05) is 23.1 Å². The average molecular weight is 466 g/mol. The second kappa shape index (κ2) is 8.06. The summed E-state index contributed by atoms with van der Waals surface area (Å²) >= 11 is 0. The second-order valence-electron chi connectivity index (χ2n) is 10.3. The molecule has 1 amide bonds. The standard InChI is InChI=1S/C24H31N7O3/c1-24(2,33)21-19(13-31(28-21)15-6-4-3-5-7-15)26-23(32)18-11-25-30-9-8-20(27-22(18)30)29-12-17-10-16(29)14-34-17/h8-9,11,13,15-17,33H,3-7,10,12,14H2,1-2H3,(H,26,32). The van der Waals surface area contributed by atoms with Crippen LogP contribution in [0, 0.1) is 0 Å². The Labute approximate surface area is 197 Å². The summed E-state index contributed by atoms with van der Waals surface area (Å²) in [5, 5.41) is 22.7. The van der Waals surface area contributed by atoms with Gasteiger partial charge in [-0.15, -0.1) is 0 Å². The summed E-state index contributed by atoms with van der Waals surface area (Å²) in [6.07, 6.45) is 12.2. The number of nitrogens with zero attached hydrogens (tertiary/aromatic N) is 6. The lowest BCUT2D eigenvalue weighted by Gasteiger charge is -2.27. The number of carbonyl (C=O) groups excluding carboxylic acids is 1. The van der Waals surface area contributed by atoms with Crippen molar-refractivity contribution in [3.8, 4) is 0 Å². The van der Waals surface area contributed by atoms with Crippen LogP contribution >= 0.6 is 0 Å². The molecule has 2 unspecified atom stereocenters. The summed E-state index contributed by atoms with van der Waals surface area (Å²) < 4.78 is 9.24. The van der Waals surface area contributed by atoms with E-state index in [0.29, 0.717) is 34.7 Å². The van der Waals surface area contributed by atoms with E-state index in [1.165, 1.54) is 25.5 Å². The molecule has 2 saturated heterocycles. The van der Waals surface area contributed by atoms with Crippen molar-refractivity contribution in [2.75, 3.05) is 23.4 Å². The van der Waals surface area contributed by atoms with Gasteiger partial charge in [-0.3, -0.25) is 9.48 Å². The lowest BCUT2D eigenvalue weighted by atomic mass is 9.96. The van der Waals surface area contributed by atoms with E-state index in [2.05, 4.69) is 20.4 Å². The van der Waals surface area contributed by atoms with Crippen LogP contribution in [0.2, 0.25) is 0 Å². The van der Waals surface area contributed by atoms with Gasteiger partial charge in [0.15, 0.2) is 5.65 Å². The van der Waals surface area contributed by atoms with E-state index >= 15 is 0 Å². The fourth-order valence-electron chi connectivity index (χ4n) is 5.52. The zero-order valence-electron chi connectivity index (χ0n) is 19.6. The van der Waals surface area contributed by atoms with Crippen molar-refractivity contribution in [1.29, 1.82) is 0 Å². The third-order valence-corrected chi connectivity index (χ3v) is 7.30. The van der Waals surface area contributed by atoms with Crippen molar-refractivity contribution in [2.24, 2.45) is 0 Å². The molecule has 34 heavy (non-hydrogen) atoms. The number of hydrogen-bond donors (Lipinski definition) is 2. The maximum Gasteiger partial charge on any atom is 0.261 e.